The van der Waals surface area contributed by atoms with Crippen LogP contribution >= 0.6 is 11.8 Å². The van der Waals surface area contributed by atoms with Crippen molar-refractivity contribution in [3.63, 3.8) is 0 Å². The van der Waals surface area contributed by atoms with Crippen molar-refractivity contribution in [2.24, 2.45) is 0 Å². The van der Waals surface area contributed by atoms with Crippen molar-refractivity contribution < 1.29 is 4.39 Å². The Kier molecular flexibility index (Phi) is 3.23. The predicted molar refractivity (Wildman–Crippen MR) is 85.2 cm³/mol. The predicted octanol–water partition coefficient (Wildman–Crippen LogP) is 3.94. The van der Waals surface area contributed by atoms with Gasteiger partial charge in [-0.15, -0.1) is 0 Å². The van der Waals surface area contributed by atoms with E-state index in [2.05, 4.69) is 19.9 Å². The summed E-state index contributed by atoms with van der Waals surface area (Å²) in [6.07, 6.45) is 3.12. The monoisotopic (exact) mass is 310 g/mol. The first-order valence-corrected chi connectivity index (χ1v) is 7.74. The maximum absolute atomic E-state index is 13.9. The number of fused-ring (bicyclic) bond motifs is 2. The number of rotatable bonds is 3. The first-order valence-electron chi connectivity index (χ1n) is 6.76. The van der Waals surface area contributed by atoms with Crippen LogP contribution in [0.1, 0.15) is 5.56 Å². The van der Waals surface area contributed by atoms with Gasteiger partial charge in [0.25, 0.3) is 0 Å². The number of nitrogens with zero attached hydrogens (tertiary/aromatic N) is 3. The van der Waals surface area contributed by atoms with Gasteiger partial charge >= 0.3 is 0 Å². The average molecular weight is 310 g/mol. The molecule has 2 heterocycles. The maximum atomic E-state index is 13.9. The van der Waals surface area contributed by atoms with E-state index in [4.69, 9.17) is 0 Å². The van der Waals surface area contributed by atoms with Crippen LogP contribution in [0.25, 0.3) is 21.9 Å². The number of aromatic nitrogens is 4. The Balaban J connectivity index is 1.70. The van der Waals surface area contributed by atoms with Crippen LogP contribution in [-0.2, 0) is 5.75 Å². The molecule has 0 unspecified atom stereocenters. The Bertz CT molecular complexity index is 967. The summed E-state index contributed by atoms with van der Waals surface area (Å²) < 4.78 is 13.9. The molecule has 108 valence electrons. The third-order valence-electron chi connectivity index (χ3n) is 3.51. The summed E-state index contributed by atoms with van der Waals surface area (Å²) in [6, 6.07) is 10.9. The Labute approximate surface area is 129 Å². The Hall–Kier alpha value is -2.47. The number of halogens is 1. The molecule has 0 atom stereocenters. The number of H-pyrrole nitrogens is 1. The normalized spacial score (nSPS) is 11.3. The van der Waals surface area contributed by atoms with Crippen LogP contribution in [0.15, 0.2) is 54.1 Å². The van der Waals surface area contributed by atoms with E-state index in [1.165, 1.54) is 12.4 Å². The van der Waals surface area contributed by atoms with Crippen molar-refractivity contribution in [3.05, 3.63) is 60.4 Å². The van der Waals surface area contributed by atoms with Gasteiger partial charge in [0.2, 0.25) is 0 Å². The second-order valence-corrected chi connectivity index (χ2v) is 5.78. The van der Waals surface area contributed by atoms with Crippen LogP contribution < -0.4 is 0 Å². The van der Waals surface area contributed by atoms with E-state index in [-0.39, 0.29) is 5.82 Å². The molecular formula is C16H11FN4S. The van der Waals surface area contributed by atoms with Gasteiger partial charge in [0, 0.05) is 11.1 Å². The molecule has 0 spiro atoms. The third-order valence-corrected chi connectivity index (χ3v) is 4.55. The van der Waals surface area contributed by atoms with Gasteiger partial charge in [-0.1, -0.05) is 42.1 Å². The molecule has 1 N–H and O–H groups in total. The average Bonchev–Trinajstić information content (AvgIpc) is 3.04. The summed E-state index contributed by atoms with van der Waals surface area (Å²) >= 11 is 1.58. The summed E-state index contributed by atoms with van der Waals surface area (Å²) in [5.41, 5.74) is 2.56. The lowest BCUT2D eigenvalue weighted by Crippen LogP contribution is -1.90. The molecule has 0 radical (unpaired) electrons. The SMILES string of the molecule is Fc1ccc(CSc2ncnc3nc[nH]c23)c2ccccc12. The van der Waals surface area contributed by atoms with Gasteiger partial charge in [-0.25, -0.2) is 19.3 Å². The number of thioether (sulfide) groups is 1. The highest BCUT2D eigenvalue weighted by Gasteiger charge is 2.09. The maximum Gasteiger partial charge on any atom is 0.181 e. The van der Waals surface area contributed by atoms with E-state index in [0.29, 0.717) is 16.8 Å². The van der Waals surface area contributed by atoms with Gasteiger partial charge in [0.15, 0.2) is 5.65 Å². The first kappa shape index (κ1) is 13.2. The lowest BCUT2D eigenvalue weighted by molar-refractivity contribution is 0.639. The molecule has 0 amide bonds. The Morgan fingerprint density at radius 2 is 1.86 bits per heavy atom. The van der Waals surface area contributed by atoms with E-state index in [0.717, 1.165) is 21.5 Å². The fraction of sp³-hybridized carbons (Fsp3) is 0.0625. The number of benzene rings is 2. The van der Waals surface area contributed by atoms with Crippen LogP contribution in [0.3, 0.4) is 0 Å². The summed E-state index contributed by atoms with van der Waals surface area (Å²) in [5.74, 6) is 0.508. The minimum atomic E-state index is -0.192. The molecule has 2 aromatic carbocycles. The number of hydrogen-bond donors (Lipinski definition) is 1. The number of aromatic amines is 1. The standard InChI is InChI=1S/C16H11FN4S/c17-13-6-5-10(11-3-1-2-4-12(11)13)7-22-16-14-15(19-8-18-14)20-9-21-16/h1-6,8-9H,7H2,(H,18,19,20,21). The summed E-state index contributed by atoms with van der Waals surface area (Å²) in [5, 5.41) is 2.43. The van der Waals surface area contributed by atoms with Crippen molar-refractivity contribution in [2.45, 2.75) is 10.8 Å². The second kappa shape index (κ2) is 5.38. The van der Waals surface area contributed by atoms with Crippen LogP contribution in [-0.4, -0.2) is 19.9 Å². The molecule has 0 fully saturated rings. The van der Waals surface area contributed by atoms with Crippen molar-refractivity contribution in [3.8, 4) is 0 Å². The van der Waals surface area contributed by atoms with Crippen LogP contribution in [0.2, 0.25) is 0 Å². The van der Waals surface area contributed by atoms with E-state index >= 15 is 0 Å². The molecule has 0 aliphatic heterocycles. The van der Waals surface area contributed by atoms with E-state index in [1.807, 2.05) is 24.3 Å². The quantitative estimate of drug-likeness (QED) is 0.460. The van der Waals surface area contributed by atoms with E-state index in [9.17, 15) is 4.39 Å². The summed E-state index contributed by atoms with van der Waals surface area (Å²) in [6.45, 7) is 0. The van der Waals surface area contributed by atoms with Crippen LogP contribution in [0.4, 0.5) is 4.39 Å². The zero-order valence-corrected chi connectivity index (χ0v) is 12.3. The van der Waals surface area contributed by atoms with Crippen LogP contribution in [0.5, 0.6) is 0 Å². The van der Waals surface area contributed by atoms with Crippen molar-refractivity contribution in [1.29, 1.82) is 0 Å². The Morgan fingerprint density at radius 3 is 2.77 bits per heavy atom. The fourth-order valence-electron chi connectivity index (χ4n) is 2.45. The summed E-state index contributed by atoms with van der Waals surface area (Å²) in [7, 11) is 0. The molecular weight excluding hydrogens is 299 g/mol. The van der Waals surface area contributed by atoms with Crippen molar-refractivity contribution >= 4 is 33.7 Å². The zero-order valence-electron chi connectivity index (χ0n) is 11.5. The molecule has 2 aromatic heterocycles. The molecule has 0 aliphatic carbocycles. The van der Waals surface area contributed by atoms with Gasteiger partial charge in [-0.05, 0) is 17.0 Å². The van der Waals surface area contributed by atoms with Gasteiger partial charge in [-0.3, -0.25) is 0 Å². The topological polar surface area (TPSA) is 54.5 Å². The number of hydrogen-bond acceptors (Lipinski definition) is 4. The minimum Gasteiger partial charge on any atom is -0.341 e. The molecule has 4 aromatic rings. The smallest absolute Gasteiger partial charge is 0.181 e. The second-order valence-electron chi connectivity index (χ2n) is 4.82. The first-order chi connectivity index (χ1) is 10.8. The minimum absolute atomic E-state index is 0.192. The van der Waals surface area contributed by atoms with Crippen LogP contribution in [0, 0.1) is 5.82 Å². The number of nitrogens with one attached hydrogen (secondary N) is 1. The molecule has 0 bridgehead atoms. The highest BCUT2D eigenvalue weighted by atomic mass is 32.2. The number of imidazole rings is 1. The van der Waals surface area contributed by atoms with Crippen molar-refractivity contribution in [2.75, 3.05) is 0 Å². The summed E-state index contributed by atoms with van der Waals surface area (Å²) in [4.78, 5) is 15.6. The van der Waals surface area contributed by atoms with Crippen molar-refractivity contribution in [1.82, 2.24) is 19.9 Å². The highest BCUT2D eigenvalue weighted by molar-refractivity contribution is 7.98. The fourth-order valence-corrected chi connectivity index (χ4v) is 3.41. The zero-order chi connectivity index (χ0) is 14.9. The highest BCUT2D eigenvalue weighted by Crippen LogP contribution is 2.29. The molecule has 22 heavy (non-hydrogen) atoms. The third kappa shape index (κ3) is 2.21. The lowest BCUT2D eigenvalue weighted by Gasteiger charge is -2.07. The lowest BCUT2D eigenvalue weighted by atomic mass is 10.1. The van der Waals surface area contributed by atoms with Gasteiger partial charge < -0.3 is 4.98 Å². The van der Waals surface area contributed by atoms with E-state index in [1.54, 1.807) is 24.2 Å². The van der Waals surface area contributed by atoms with E-state index < -0.39 is 0 Å². The molecule has 4 rings (SSSR count). The van der Waals surface area contributed by atoms with Gasteiger partial charge in [0.1, 0.15) is 22.7 Å². The molecule has 0 saturated carbocycles. The molecule has 0 saturated heterocycles. The molecule has 0 aliphatic rings. The van der Waals surface area contributed by atoms with Gasteiger partial charge in [-0.2, -0.15) is 0 Å². The van der Waals surface area contributed by atoms with Gasteiger partial charge in [0.05, 0.1) is 6.33 Å². The molecule has 4 nitrogen and oxygen atoms in total. The molecule has 6 heteroatoms. The Morgan fingerprint density at radius 1 is 1.00 bits per heavy atom. The largest absolute Gasteiger partial charge is 0.341 e.